The number of esters is 1. The van der Waals surface area contributed by atoms with Crippen molar-refractivity contribution in [3.63, 3.8) is 0 Å². The van der Waals surface area contributed by atoms with Gasteiger partial charge in [-0.2, -0.15) is 0 Å². The molecule has 0 aromatic carbocycles. The molecule has 0 aliphatic carbocycles. The Morgan fingerprint density at radius 2 is 2.28 bits per heavy atom. The van der Waals surface area contributed by atoms with E-state index in [0.29, 0.717) is 18.1 Å². The number of methoxy groups -OCH3 is 1. The molecule has 1 rings (SSSR count). The Balaban J connectivity index is 2.82. The highest BCUT2D eigenvalue weighted by atomic mass is 32.2. The van der Waals surface area contributed by atoms with Gasteiger partial charge in [0.25, 0.3) is 0 Å². The molecule has 7 heteroatoms. The SMILES string of the molecule is CCCCn1c(SC(CC)C(=O)OC)n[nH]c1=O. The van der Waals surface area contributed by atoms with Crippen LogP contribution in [0.4, 0.5) is 0 Å². The van der Waals surface area contributed by atoms with Crippen LogP contribution in [0.25, 0.3) is 0 Å². The minimum Gasteiger partial charge on any atom is -0.468 e. The Kier molecular flexibility index (Phi) is 5.97. The van der Waals surface area contributed by atoms with Gasteiger partial charge in [-0.1, -0.05) is 32.0 Å². The van der Waals surface area contributed by atoms with Crippen molar-refractivity contribution in [2.24, 2.45) is 0 Å². The summed E-state index contributed by atoms with van der Waals surface area (Å²) in [6.45, 7) is 4.57. The first kappa shape index (κ1) is 14.8. The molecule has 1 unspecified atom stereocenters. The van der Waals surface area contributed by atoms with Crippen LogP contribution in [-0.4, -0.2) is 33.1 Å². The van der Waals surface area contributed by atoms with Crippen molar-refractivity contribution in [2.75, 3.05) is 7.11 Å². The molecule has 18 heavy (non-hydrogen) atoms. The Labute approximate surface area is 110 Å². The molecule has 0 radical (unpaired) electrons. The van der Waals surface area contributed by atoms with Gasteiger partial charge in [0, 0.05) is 6.54 Å². The first-order valence-corrected chi connectivity index (χ1v) is 6.91. The minimum absolute atomic E-state index is 0.231. The highest BCUT2D eigenvalue weighted by Crippen LogP contribution is 2.23. The molecular formula is C11H19N3O3S. The second kappa shape index (κ2) is 7.25. The van der Waals surface area contributed by atoms with Crippen LogP contribution >= 0.6 is 11.8 Å². The van der Waals surface area contributed by atoms with Crippen molar-refractivity contribution in [2.45, 2.75) is 50.1 Å². The van der Waals surface area contributed by atoms with Crippen LogP contribution in [0.15, 0.2) is 9.95 Å². The summed E-state index contributed by atoms with van der Waals surface area (Å²) in [6, 6.07) is 0. The maximum atomic E-state index is 11.6. The number of H-pyrrole nitrogens is 1. The van der Waals surface area contributed by atoms with Crippen LogP contribution in [0.5, 0.6) is 0 Å². The van der Waals surface area contributed by atoms with Crippen LogP contribution in [0.3, 0.4) is 0 Å². The summed E-state index contributed by atoms with van der Waals surface area (Å²) in [6.07, 6.45) is 2.53. The zero-order valence-electron chi connectivity index (χ0n) is 10.9. The van der Waals surface area contributed by atoms with Crippen molar-refractivity contribution in [3.8, 4) is 0 Å². The van der Waals surface area contributed by atoms with Gasteiger partial charge in [0.2, 0.25) is 0 Å². The highest BCUT2D eigenvalue weighted by Gasteiger charge is 2.21. The average Bonchev–Trinajstić information content (AvgIpc) is 2.73. The van der Waals surface area contributed by atoms with Crippen molar-refractivity contribution in [1.82, 2.24) is 14.8 Å². The number of carbonyl (C=O) groups is 1. The molecule has 1 atom stereocenters. The fourth-order valence-electron chi connectivity index (χ4n) is 1.46. The number of aromatic amines is 1. The average molecular weight is 273 g/mol. The molecule has 0 aliphatic heterocycles. The van der Waals surface area contributed by atoms with Crippen molar-refractivity contribution in [3.05, 3.63) is 10.5 Å². The second-order valence-corrected chi connectivity index (χ2v) is 5.02. The van der Waals surface area contributed by atoms with Gasteiger partial charge in [-0.05, 0) is 12.8 Å². The molecule has 1 heterocycles. The molecule has 0 amide bonds. The molecule has 1 aromatic rings. The number of hydrogen-bond acceptors (Lipinski definition) is 5. The Morgan fingerprint density at radius 3 is 2.83 bits per heavy atom. The van der Waals surface area contributed by atoms with Crippen LogP contribution in [0.2, 0.25) is 0 Å². The lowest BCUT2D eigenvalue weighted by molar-refractivity contribution is -0.140. The summed E-state index contributed by atoms with van der Waals surface area (Å²) in [5.74, 6) is -0.292. The fourth-order valence-corrected chi connectivity index (χ4v) is 2.48. The highest BCUT2D eigenvalue weighted by molar-refractivity contribution is 8.00. The van der Waals surface area contributed by atoms with E-state index in [0.717, 1.165) is 12.8 Å². The predicted molar refractivity (Wildman–Crippen MR) is 69.7 cm³/mol. The van der Waals surface area contributed by atoms with Gasteiger partial charge in [0.15, 0.2) is 5.16 Å². The normalized spacial score (nSPS) is 12.4. The topological polar surface area (TPSA) is 77.0 Å². The Hall–Kier alpha value is -1.24. The lowest BCUT2D eigenvalue weighted by atomic mass is 10.3. The molecule has 0 aliphatic rings. The number of thioether (sulfide) groups is 1. The lowest BCUT2D eigenvalue weighted by Crippen LogP contribution is -2.21. The van der Waals surface area contributed by atoms with Gasteiger partial charge < -0.3 is 4.74 Å². The third-order valence-electron chi connectivity index (χ3n) is 2.54. The Bertz CT molecular complexity index is 441. The van der Waals surface area contributed by atoms with E-state index >= 15 is 0 Å². The number of nitrogens with zero attached hydrogens (tertiary/aromatic N) is 2. The van der Waals surface area contributed by atoms with Crippen LogP contribution in [-0.2, 0) is 16.1 Å². The maximum absolute atomic E-state index is 11.6. The first-order chi connectivity index (χ1) is 8.63. The van der Waals surface area contributed by atoms with E-state index in [1.54, 1.807) is 4.57 Å². The van der Waals surface area contributed by atoms with Gasteiger partial charge in [0.05, 0.1) is 7.11 Å². The minimum atomic E-state index is -0.328. The zero-order valence-corrected chi connectivity index (χ0v) is 11.7. The summed E-state index contributed by atoms with van der Waals surface area (Å²) in [5, 5.41) is 6.59. The van der Waals surface area contributed by atoms with Gasteiger partial charge in [-0.15, -0.1) is 5.10 Å². The third kappa shape index (κ3) is 3.63. The fraction of sp³-hybridized carbons (Fsp3) is 0.727. The summed E-state index contributed by atoms with van der Waals surface area (Å²) >= 11 is 1.27. The number of carbonyl (C=O) groups excluding carboxylic acids is 1. The Morgan fingerprint density at radius 1 is 1.56 bits per heavy atom. The molecule has 0 saturated heterocycles. The largest absolute Gasteiger partial charge is 0.468 e. The van der Waals surface area contributed by atoms with Gasteiger partial charge in [-0.3, -0.25) is 9.36 Å². The summed E-state index contributed by atoms with van der Waals surface area (Å²) < 4.78 is 6.29. The molecule has 0 spiro atoms. The maximum Gasteiger partial charge on any atom is 0.343 e. The van der Waals surface area contributed by atoms with Gasteiger partial charge in [0.1, 0.15) is 5.25 Å². The van der Waals surface area contributed by atoms with E-state index in [1.165, 1.54) is 18.9 Å². The van der Waals surface area contributed by atoms with Crippen LogP contribution in [0, 0.1) is 0 Å². The van der Waals surface area contributed by atoms with E-state index in [2.05, 4.69) is 17.1 Å². The lowest BCUT2D eigenvalue weighted by Gasteiger charge is -2.11. The molecule has 0 saturated carbocycles. The van der Waals surface area contributed by atoms with E-state index in [4.69, 9.17) is 4.74 Å². The number of unbranched alkanes of at least 4 members (excludes halogenated alkanes) is 1. The quantitative estimate of drug-likeness (QED) is 0.600. The number of rotatable bonds is 7. The predicted octanol–water partition coefficient (Wildman–Crippen LogP) is 1.42. The van der Waals surface area contributed by atoms with Crippen molar-refractivity contribution < 1.29 is 9.53 Å². The zero-order chi connectivity index (χ0) is 13.5. The summed E-state index contributed by atoms with van der Waals surface area (Å²) in [7, 11) is 1.36. The summed E-state index contributed by atoms with van der Waals surface area (Å²) in [5.41, 5.74) is -0.231. The van der Waals surface area contributed by atoms with Crippen molar-refractivity contribution in [1.29, 1.82) is 0 Å². The van der Waals surface area contributed by atoms with E-state index in [1.807, 2.05) is 6.92 Å². The number of nitrogens with one attached hydrogen (secondary N) is 1. The third-order valence-corrected chi connectivity index (χ3v) is 3.87. The molecule has 0 bridgehead atoms. The molecule has 1 N–H and O–H groups in total. The monoisotopic (exact) mass is 273 g/mol. The molecule has 0 fully saturated rings. The molecule has 6 nitrogen and oxygen atoms in total. The van der Waals surface area contributed by atoms with Gasteiger partial charge in [-0.25, -0.2) is 9.89 Å². The standard InChI is InChI=1S/C11H19N3O3S/c1-4-6-7-14-10(16)12-13-11(14)18-8(5-2)9(15)17-3/h8H,4-7H2,1-3H3,(H,12,16). The second-order valence-electron chi connectivity index (χ2n) is 3.85. The summed E-state index contributed by atoms with van der Waals surface area (Å²) in [4.78, 5) is 23.1. The van der Waals surface area contributed by atoms with Crippen LogP contribution < -0.4 is 5.69 Å². The molecule has 102 valence electrons. The molecular weight excluding hydrogens is 254 g/mol. The molecule has 1 aromatic heterocycles. The van der Waals surface area contributed by atoms with Crippen molar-refractivity contribution >= 4 is 17.7 Å². The number of hydrogen-bond donors (Lipinski definition) is 1. The van der Waals surface area contributed by atoms with Crippen LogP contribution in [0.1, 0.15) is 33.1 Å². The van der Waals surface area contributed by atoms with Gasteiger partial charge >= 0.3 is 11.7 Å². The van der Waals surface area contributed by atoms with E-state index < -0.39 is 0 Å². The smallest absolute Gasteiger partial charge is 0.343 e. The number of aromatic nitrogens is 3. The van der Waals surface area contributed by atoms with E-state index in [9.17, 15) is 9.59 Å². The van der Waals surface area contributed by atoms with E-state index in [-0.39, 0.29) is 16.9 Å². The first-order valence-electron chi connectivity index (χ1n) is 6.03. The number of ether oxygens (including phenoxy) is 1.